The largest absolute Gasteiger partial charge is 0.480 e. The van der Waals surface area contributed by atoms with Crippen LogP contribution in [-0.4, -0.2) is 34.5 Å². The van der Waals surface area contributed by atoms with Crippen LogP contribution in [0.15, 0.2) is 48.6 Å². The molecule has 1 amide bonds. The van der Waals surface area contributed by atoms with Crippen LogP contribution in [0.5, 0.6) is 0 Å². The summed E-state index contributed by atoms with van der Waals surface area (Å²) in [5, 5.41) is 9.13. The van der Waals surface area contributed by atoms with E-state index in [2.05, 4.69) is 55.5 Å². The first kappa shape index (κ1) is 24.9. The third-order valence-corrected chi connectivity index (χ3v) is 5.08. The minimum absolute atomic E-state index is 0.0224. The molecule has 1 heterocycles. The molecule has 1 atom stereocenters. The Bertz CT molecular complexity index is 575. The Balaban J connectivity index is 2.01. The molecule has 29 heavy (non-hydrogen) atoms. The second-order valence-corrected chi connectivity index (χ2v) is 7.56. The number of carboxylic acids is 1. The molecule has 4 heteroatoms. The van der Waals surface area contributed by atoms with Gasteiger partial charge in [-0.15, -0.1) is 0 Å². The van der Waals surface area contributed by atoms with Crippen LogP contribution in [0.1, 0.15) is 84.0 Å². The summed E-state index contributed by atoms with van der Waals surface area (Å²) in [5.41, 5.74) is 0. The third-order valence-electron chi connectivity index (χ3n) is 5.08. The van der Waals surface area contributed by atoms with Gasteiger partial charge in [0.05, 0.1) is 0 Å². The molecular formula is C25H39NO3. The standard InChI is InChI=1S/C25H39NO3/c1-2-3-4-5-6-7-8-9-10-11-12-13-14-15-16-17-18-21-24(27)26-22-19-20-23(26)25(28)29/h6-7,9-10,12-13,15-16,23H,2-5,8,11,14,17-22H2,1H3,(H,28,29)/b7-6+,10-9+,13-12+,16-15+. The molecule has 4 nitrogen and oxygen atoms in total. The van der Waals surface area contributed by atoms with Crippen LogP contribution in [0.4, 0.5) is 0 Å². The summed E-state index contributed by atoms with van der Waals surface area (Å²) in [6, 6.07) is -0.612. The normalized spacial score (nSPS) is 17.6. The Morgan fingerprint density at radius 2 is 1.41 bits per heavy atom. The fourth-order valence-electron chi connectivity index (χ4n) is 3.40. The summed E-state index contributed by atoms with van der Waals surface area (Å²) >= 11 is 0. The van der Waals surface area contributed by atoms with Crippen LogP contribution in [0.2, 0.25) is 0 Å². The fourth-order valence-corrected chi connectivity index (χ4v) is 3.40. The van der Waals surface area contributed by atoms with Crippen LogP contribution < -0.4 is 0 Å². The van der Waals surface area contributed by atoms with Gasteiger partial charge in [0.15, 0.2) is 0 Å². The molecule has 0 bridgehead atoms. The van der Waals surface area contributed by atoms with Crippen molar-refractivity contribution in [1.29, 1.82) is 0 Å². The summed E-state index contributed by atoms with van der Waals surface area (Å²) in [7, 11) is 0. The molecule has 0 saturated carbocycles. The van der Waals surface area contributed by atoms with Crippen LogP contribution in [0.25, 0.3) is 0 Å². The topological polar surface area (TPSA) is 57.6 Å². The van der Waals surface area contributed by atoms with Gasteiger partial charge in [0.1, 0.15) is 6.04 Å². The van der Waals surface area contributed by atoms with E-state index in [1.807, 2.05) is 0 Å². The van der Waals surface area contributed by atoms with Gasteiger partial charge in [-0.3, -0.25) is 4.79 Å². The second kappa shape index (κ2) is 16.8. The first-order chi connectivity index (χ1) is 14.2. The summed E-state index contributed by atoms with van der Waals surface area (Å²) in [6.45, 7) is 2.81. The minimum atomic E-state index is -0.878. The summed E-state index contributed by atoms with van der Waals surface area (Å²) in [6.07, 6.45) is 28.9. The highest BCUT2D eigenvalue weighted by Crippen LogP contribution is 2.19. The first-order valence-electron chi connectivity index (χ1n) is 11.3. The fraction of sp³-hybridized carbons (Fsp3) is 0.600. The molecule has 0 aromatic heterocycles. The zero-order valence-corrected chi connectivity index (χ0v) is 18.1. The SMILES string of the molecule is CCCCC/C=C/C/C=C/C/C=C/C/C=C/CCCC(=O)N1CCCC1C(=O)O. The number of nitrogens with zero attached hydrogens (tertiary/aromatic N) is 1. The number of carbonyl (C=O) groups is 2. The van der Waals surface area contributed by atoms with E-state index >= 15 is 0 Å². The molecule has 0 radical (unpaired) electrons. The lowest BCUT2D eigenvalue weighted by Gasteiger charge is -2.21. The Morgan fingerprint density at radius 3 is 1.97 bits per heavy atom. The molecule has 162 valence electrons. The van der Waals surface area contributed by atoms with Gasteiger partial charge >= 0.3 is 5.97 Å². The van der Waals surface area contributed by atoms with E-state index in [4.69, 9.17) is 5.11 Å². The number of rotatable bonds is 15. The number of carbonyl (C=O) groups excluding carboxylic acids is 1. The molecule has 0 spiro atoms. The van der Waals surface area contributed by atoms with Gasteiger partial charge in [0.2, 0.25) is 5.91 Å². The summed E-state index contributed by atoms with van der Waals surface area (Å²) < 4.78 is 0. The molecule has 1 saturated heterocycles. The van der Waals surface area contributed by atoms with E-state index < -0.39 is 12.0 Å². The van der Waals surface area contributed by atoms with Crippen molar-refractivity contribution in [3.8, 4) is 0 Å². The lowest BCUT2D eigenvalue weighted by atomic mass is 10.1. The number of amides is 1. The van der Waals surface area contributed by atoms with Crippen molar-refractivity contribution in [2.24, 2.45) is 0 Å². The second-order valence-electron chi connectivity index (χ2n) is 7.56. The molecule has 1 unspecified atom stereocenters. The number of allylic oxidation sites excluding steroid dienone is 8. The van der Waals surface area contributed by atoms with Crippen LogP contribution in [-0.2, 0) is 9.59 Å². The Kier molecular flexibility index (Phi) is 14.5. The number of carboxylic acid groups (broad SMARTS) is 1. The maximum Gasteiger partial charge on any atom is 0.326 e. The predicted octanol–water partition coefficient (Wildman–Crippen LogP) is 6.21. The quantitative estimate of drug-likeness (QED) is 0.262. The van der Waals surface area contributed by atoms with Crippen molar-refractivity contribution in [1.82, 2.24) is 4.90 Å². The highest BCUT2D eigenvalue weighted by Gasteiger charge is 2.33. The van der Waals surface area contributed by atoms with Gasteiger partial charge in [-0.25, -0.2) is 4.79 Å². The molecule has 0 aromatic carbocycles. The molecular weight excluding hydrogens is 362 g/mol. The first-order valence-corrected chi connectivity index (χ1v) is 11.3. The number of aliphatic carboxylic acids is 1. The molecule has 1 aliphatic rings. The van der Waals surface area contributed by atoms with Crippen molar-refractivity contribution < 1.29 is 14.7 Å². The van der Waals surface area contributed by atoms with E-state index in [1.165, 1.54) is 30.6 Å². The third kappa shape index (κ3) is 12.1. The molecule has 1 aliphatic heterocycles. The van der Waals surface area contributed by atoms with Gasteiger partial charge in [-0.05, 0) is 57.8 Å². The molecule has 1 fully saturated rings. The van der Waals surface area contributed by atoms with E-state index in [9.17, 15) is 9.59 Å². The summed E-state index contributed by atoms with van der Waals surface area (Å²) in [5.74, 6) is -0.901. The van der Waals surface area contributed by atoms with Gasteiger partial charge in [0.25, 0.3) is 0 Å². The van der Waals surface area contributed by atoms with E-state index in [0.29, 0.717) is 19.4 Å². The molecule has 0 aliphatic carbocycles. The van der Waals surface area contributed by atoms with E-state index in [-0.39, 0.29) is 5.91 Å². The predicted molar refractivity (Wildman–Crippen MR) is 121 cm³/mol. The number of unbranched alkanes of at least 4 members (excludes halogenated alkanes) is 4. The number of likely N-dealkylation sites (tertiary alicyclic amines) is 1. The maximum absolute atomic E-state index is 12.1. The smallest absolute Gasteiger partial charge is 0.326 e. The van der Waals surface area contributed by atoms with E-state index in [1.54, 1.807) is 0 Å². The van der Waals surface area contributed by atoms with E-state index in [0.717, 1.165) is 38.5 Å². The number of hydrogen-bond donors (Lipinski definition) is 1. The van der Waals surface area contributed by atoms with Crippen LogP contribution >= 0.6 is 0 Å². The van der Waals surface area contributed by atoms with Gasteiger partial charge in [-0.1, -0.05) is 68.4 Å². The number of hydrogen-bond acceptors (Lipinski definition) is 2. The van der Waals surface area contributed by atoms with Gasteiger partial charge in [-0.2, -0.15) is 0 Å². The van der Waals surface area contributed by atoms with Crippen molar-refractivity contribution in [3.63, 3.8) is 0 Å². The monoisotopic (exact) mass is 401 g/mol. The van der Waals surface area contributed by atoms with Crippen LogP contribution in [0, 0.1) is 0 Å². The van der Waals surface area contributed by atoms with Crippen molar-refractivity contribution >= 4 is 11.9 Å². The molecule has 1 N–H and O–H groups in total. The van der Waals surface area contributed by atoms with Crippen molar-refractivity contribution in [2.45, 2.75) is 90.0 Å². The lowest BCUT2D eigenvalue weighted by Crippen LogP contribution is -2.40. The Hall–Kier alpha value is -2.10. The average Bonchev–Trinajstić information content (AvgIpc) is 3.20. The lowest BCUT2D eigenvalue weighted by molar-refractivity contribution is -0.148. The molecule has 1 rings (SSSR count). The maximum atomic E-state index is 12.1. The van der Waals surface area contributed by atoms with Gasteiger partial charge in [0, 0.05) is 13.0 Å². The highest BCUT2D eigenvalue weighted by molar-refractivity contribution is 5.84. The zero-order chi connectivity index (χ0) is 21.2. The molecule has 0 aromatic rings. The van der Waals surface area contributed by atoms with Gasteiger partial charge < -0.3 is 10.0 Å². The van der Waals surface area contributed by atoms with Crippen molar-refractivity contribution in [2.75, 3.05) is 6.54 Å². The summed E-state index contributed by atoms with van der Waals surface area (Å²) in [4.78, 5) is 24.8. The minimum Gasteiger partial charge on any atom is -0.480 e. The highest BCUT2D eigenvalue weighted by atomic mass is 16.4. The zero-order valence-electron chi connectivity index (χ0n) is 18.1. The average molecular weight is 402 g/mol. The van der Waals surface area contributed by atoms with Crippen molar-refractivity contribution in [3.05, 3.63) is 48.6 Å². The van der Waals surface area contributed by atoms with Crippen LogP contribution in [0.3, 0.4) is 0 Å². The Labute approximate surface area is 177 Å². The Morgan fingerprint density at radius 1 is 0.862 bits per heavy atom.